The van der Waals surface area contributed by atoms with Crippen LogP contribution < -0.4 is 4.57 Å². The van der Waals surface area contributed by atoms with Gasteiger partial charge in [-0.05, 0) is 42.9 Å². The number of pyridine rings is 1. The summed E-state index contributed by atoms with van der Waals surface area (Å²) in [6, 6.07) is 6.03. The summed E-state index contributed by atoms with van der Waals surface area (Å²) in [5.74, 6) is 1.07. The van der Waals surface area contributed by atoms with E-state index in [4.69, 9.17) is 9.72 Å². The minimum absolute atomic E-state index is 0.307. The molecule has 24 heavy (non-hydrogen) atoms. The van der Waals surface area contributed by atoms with E-state index in [2.05, 4.69) is 11.1 Å². The first-order valence-corrected chi connectivity index (χ1v) is 8.15. The van der Waals surface area contributed by atoms with E-state index in [0.717, 1.165) is 28.0 Å². The highest BCUT2D eigenvalue weighted by Crippen LogP contribution is 2.45. The number of carbonyl (C=O) groups excluding carboxylic acids is 1. The molecule has 5 nitrogen and oxygen atoms in total. The summed E-state index contributed by atoms with van der Waals surface area (Å²) in [5.41, 5.74) is 5.73. The molecule has 0 atom stereocenters. The molecule has 4 rings (SSSR count). The number of fused-ring (bicyclic) bond motifs is 1. The van der Waals surface area contributed by atoms with Gasteiger partial charge < -0.3 is 9.72 Å². The molecule has 1 aliphatic rings. The number of benzene rings is 1. The summed E-state index contributed by atoms with van der Waals surface area (Å²) in [6.07, 6.45) is 6.38. The van der Waals surface area contributed by atoms with Crippen molar-refractivity contribution < 1.29 is 14.1 Å². The summed E-state index contributed by atoms with van der Waals surface area (Å²) >= 11 is 0. The van der Waals surface area contributed by atoms with Crippen molar-refractivity contribution in [2.75, 3.05) is 7.11 Å². The maximum atomic E-state index is 12.1. The molecule has 2 aromatic heterocycles. The monoisotopic (exact) mass is 322 g/mol. The quantitative estimate of drug-likeness (QED) is 0.595. The maximum absolute atomic E-state index is 12.1. The first-order valence-electron chi connectivity index (χ1n) is 8.15. The average Bonchev–Trinajstić information content (AvgIpc) is 3.33. The van der Waals surface area contributed by atoms with Crippen LogP contribution in [0.3, 0.4) is 0 Å². The van der Waals surface area contributed by atoms with Crippen molar-refractivity contribution in [3.05, 3.63) is 47.3 Å². The second-order valence-electron chi connectivity index (χ2n) is 6.51. The molecule has 1 aliphatic carbocycles. The van der Waals surface area contributed by atoms with Gasteiger partial charge in [0.2, 0.25) is 0 Å². The van der Waals surface area contributed by atoms with E-state index in [1.165, 1.54) is 25.5 Å². The van der Waals surface area contributed by atoms with Crippen LogP contribution >= 0.6 is 0 Å². The highest BCUT2D eigenvalue weighted by Gasteiger charge is 2.29. The topological polar surface area (TPSA) is 58.9 Å². The predicted molar refractivity (Wildman–Crippen MR) is 90.8 cm³/mol. The van der Waals surface area contributed by atoms with Gasteiger partial charge in [0, 0.05) is 11.6 Å². The zero-order chi connectivity index (χ0) is 16.8. The fraction of sp³-hybridized carbons (Fsp3) is 0.316. The number of methoxy groups -OCH3 is 1. The van der Waals surface area contributed by atoms with E-state index < -0.39 is 0 Å². The number of imidazole rings is 1. The molecule has 0 aliphatic heterocycles. The molecule has 3 aromatic rings. The third-order valence-corrected chi connectivity index (χ3v) is 4.64. The summed E-state index contributed by atoms with van der Waals surface area (Å²) < 4.78 is 6.91. The maximum Gasteiger partial charge on any atom is 0.338 e. The van der Waals surface area contributed by atoms with Crippen LogP contribution in [0, 0.1) is 6.92 Å². The molecule has 1 aromatic carbocycles. The fourth-order valence-electron chi connectivity index (χ4n) is 3.19. The minimum Gasteiger partial charge on any atom is -0.465 e. The van der Waals surface area contributed by atoms with Gasteiger partial charge in [-0.3, -0.25) is 0 Å². The normalized spacial score (nSPS) is 14.1. The number of esters is 1. The largest absolute Gasteiger partial charge is 0.465 e. The standard InChI is InChI=1S/C19H19N3O2/c1-11-8-14(12-4-5-12)15(9-13(11)19(23)24-3)18-20-16-6-7-22(2)10-17(16)21-18/h6-10,12H,4-5H2,1-3H3/p+1. The average molecular weight is 322 g/mol. The molecule has 0 amide bonds. The van der Waals surface area contributed by atoms with E-state index in [-0.39, 0.29) is 5.97 Å². The lowest BCUT2D eigenvalue weighted by molar-refractivity contribution is -0.670. The Balaban J connectivity index is 1.92. The van der Waals surface area contributed by atoms with Crippen LogP contribution in [0.1, 0.15) is 40.2 Å². The van der Waals surface area contributed by atoms with Gasteiger partial charge in [0.15, 0.2) is 12.4 Å². The Morgan fingerprint density at radius 1 is 1.38 bits per heavy atom. The lowest BCUT2D eigenvalue weighted by atomic mass is 9.95. The van der Waals surface area contributed by atoms with Crippen LogP contribution in [0.4, 0.5) is 0 Å². The van der Waals surface area contributed by atoms with Crippen LogP contribution in [-0.4, -0.2) is 23.0 Å². The summed E-state index contributed by atoms with van der Waals surface area (Å²) in [4.78, 5) is 20.2. The van der Waals surface area contributed by atoms with Gasteiger partial charge in [0.05, 0.1) is 12.7 Å². The van der Waals surface area contributed by atoms with Crippen LogP contribution in [0.2, 0.25) is 0 Å². The van der Waals surface area contributed by atoms with Gasteiger partial charge >= 0.3 is 5.97 Å². The molecule has 0 saturated heterocycles. The number of nitrogens with zero attached hydrogens (tertiary/aromatic N) is 2. The number of carbonyl (C=O) groups is 1. The van der Waals surface area contributed by atoms with Gasteiger partial charge in [-0.25, -0.2) is 14.3 Å². The number of rotatable bonds is 3. The van der Waals surface area contributed by atoms with Crippen LogP contribution in [0.5, 0.6) is 0 Å². The second kappa shape index (κ2) is 5.44. The van der Waals surface area contributed by atoms with Crippen molar-refractivity contribution >= 4 is 17.0 Å². The van der Waals surface area contributed by atoms with E-state index in [1.54, 1.807) is 0 Å². The SMILES string of the molecule is COC(=O)c1cc(-c2nc3cc[n+](C)cc3[nH]2)c(C2CC2)cc1C. The lowest BCUT2D eigenvalue weighted by Crippen LogP contribution is -2.25. The number of nitrogens with one attached hydrogen (secondary N) is 1. The Kier molecular flexibility index (Phi) is 3.37. The zero-order valence-corrected chi connectivity index (χ0v) is 14.1. The Labute approximate surface area is 140 Å². The molecule has 1 fully saturated rings. The molecule has 1 N–H and O–H groups in total. The van der Waals surface area contributed by atoms with Gasteiger partial charge in [-0.15, -0.1) is 0 Å². The van der Waals surface area contributed by atoms with Crippen molar-refractivity contribution in [1.29, 1.82) is 0 Å². The smallest absolute Gasteiger partial charge is 0.338 e. The Bertz CT molecular complexity index is 955. The second-order valence-corrected chi connectivity index (χ2v) is 6.51. The lowest BCUT2D eigenvalue weighted by Gasteiger charge is -2.12. The van der Waals surface area contributed by atoms with E-state index in [1.807, 2.05) is 43.1 Å². The molecule has 0 spiro atoms. The van der Waals surface area contributed by atoms with Crippen molar-refractivity contribution in [3.8, 4) is 11.4 Å². The number of H-pyrrole nitrogens is 1. The molecule has 0 unspecified atom stereocenters. The first-order chi connectivity index (χ1) is 11.6. The van der Waals surface area contributed by atoms with Crippen molar-refractivity contribution in [2.45, 2.75) is 25.7 Å². The molecule has 122 valence electrons. The Morgan fingerprint density at radius 3 is 2.88 bits per heavy atom. The molecule has 0 radical (unpaired) electrons. The number of aromatic amines is 1. The molecule has 5 heteroatoms. The Morgan fingerprint density at radius 2 is 2.17 bits per heavy atom. The Hall–Kier alpha value is -2.69. The van der Waals surface area contributed by atoms with Crippen LogP contribution in [0.15, 0.2) is 30.6 Å². The number of aromatic nitrogens is 3. The molecule has 2 heterocycles. The molecular weight excluding hydrogens is 302 g/mol. The van der Waals surface area contributed by atoms with E-state index in [0.29, 0.717) is 11.5 Å². The van der Waals surface area contributed by atoms with Crippen LogP contribution in [-0.2, 0) is 11.8 Å². The van der Waals surface area contributed by atoms with E-state index >= 15 is 0 Å². The van der Waals surface area contributed by atoms with Gasteiger partial charge in [0.25, 0.3) is 0 Å². The van der Waals surface area contributed by atoms with Gasteiger partial charge in [0.1, 0.15) is 23.9 Å². The molecule has 1 saturated carbocycles. The minimum atomic E-state index is -0.307. The van der Waals surface area contributed by atoms with Gasteiger partial charge in [-0.2, -0.15) is 0 Å². The number of aryl methyl sites for hydroxylation is 2. The predicted octanol–water partition coefficient (Wildman–Crippen LogP) is 3.03. The van der Waals surface area contributed by atoms with Crippen LogP contribution in [0.25, 0.3) is 22.4 Å². The zero-order valence-electron chi connectivity index (χ0n) is 14.1. The van der Waals surface area contributed by atoms with Gasteiger partial charge in [-0.1, -0.05) is 6.07 Å². The first kappa shape index (κ1) is 14.9. The van der Waals surface area contributed by atoms with Crippen molar-refractivity contribution in [2.24, 2.45) is 7.05 Å². The summed E-state index contributed by atoms with van der Waals surface area (Å²) in [5, 5.41) is 0. The summed E-state index contributed by atoms with van der Waals surface area (Å²) in [6.45, 7) is 1.96. The van der Waals surface area contributed by atoms with E-state index in [9.17, 15) is 4.79 Å². The van der Waals surface area contributed by atoms with Crippen molar-refractivity contribution in [1.82, 2.24) is 9.97 Å². The molecule has 0 bridgehead atoms. The number of ether oxygens (including phenoxy) is 1. The molecular formula is C19H20N3O2+. The summed E-state index contributed by atoms with van der Waals surface area (Å²) in [7, 11) is 3.40. The number of hydrogen-bond donors (Lipinski definition) is 1. The highest BCUT2D eigenvalue weighted by molar-refractivity contribution is 5.93. The fourth-order valence-corrected chi connectivity index (χ4v) is 3.19. The number of hydrogen-bond acceptors (Lipinski definition) is 3. The third kappa shape index (κ3) is 2.46. The third-order valence-electron chi connectivity index (χ3n) is 4.64. The highest BCUT2D eigenvalue weighted by atomic mass is 16.5. The van der Waals surface area contributed by atoms with Crippen molar-refractivity contribution in [3.63, 3.8) is 0 Å².